The first-order valence-corrected chi connectivity index (χ1v) is 5.53. The fourth-order valence-electron chi connectivity index (χ4n) is 1.11. The van der Waals surface area contributed by atoms with E-state index in [1.54, 1.807) is 6.92 Å². The summed E-state index contributed by atoms with van der Waals surface area (Å²) in [5, 5.41) is 11.8. The van der Waals surface area contributed by atoms with Crippen molar-refractivity contribution in [3.8, 4) is 0 Å². The van der Waals surface area contributed by atoms with Crippen LogP contribution in [-0.4, -0.2) is 17.6 Å². The lowest BCUT2D eigenvalue weighted by atomic mass is 10.1. The van der Waals surface area contributed by atoms with Crippen molar-refractivity contribution >= 4 is 27.6 Å². The molecule has 1 aromatic rings. The molecule has 15 heavy (non-hydrogen) atoms. The number of aliphatic carboxylic acids is 1. The van der Waals surface area contributed by atoms with E-state index in [0.29, 0.717) is 6.54 Å². The second kappa shape index (κ2) is 5.16. The largest absolute Gasteiger partial charge is 0.481 e. The van der Waals surface area contributed by atoms with Crippen LogP contribution in [-0.2, 0) is 4.79 Å². The first-order valence-electron chi connectivity index (χ1n) is 4.73. The molecule has 0 aliphatic rings. The average molecular weight is 272 g/mol. The second-order valence-electron chi connectivity index (χ2n) is 3.58. The third kappa shape index (κ3) is 3.55. The van der Waals surface area contributed by atoms with E-state index in [0.717, 1.165) is 15.7 Å². The maximum atomic E-state index is 10.6. The molecule has 0 aliphatic heterocycles. The van der Waals surface area contributed by atoms with E-state index in [1.165, 1.54) is 0 Å². The van der Waals surface area contributed by atoms with Crippen LogP contribution in [0.25, 0.3) is 0 Å². The third-order valence-electron chi connectivity index (χ3n) is 2.19. The summed E-state index contributed by atoms with van der Waals surface area (Å²) in [7, 11) is 0. The molecule has 0 saturated carbocycles. The van der Waals surface area contributed by atoms with Crippen molar-refractivity contribution in [2.45, 2.75) is 13.8 Å². The minimum atomic E-state index is -0.781. The van der Waals surface area contributed by atoms with Gasteiger partial charge in [-0.15, -0.1) is 0 Å². The number of hydrogen-bond acceptors (Lipinski definition) is 2. The van der Waals surface area contributed by atoms with E-state index in [4.69, 9.17) is 5.11 Å². The van der Waals surface area contributed by atoms with Gasteiger partial charge in [0.15, 0.2) is 0 Å². The van der Waals surface area contributed by atoms with Crippen LogP contribution in [0.4, 0.5) is 5.69 Å². The minimum Gasteiger partial charge on any atom is -0.481 e. The molecule has 0 heterocycles. The SMILES string of the molecule is Cc1cc(NCC(C)C(=O)O)ccc1Br. The molecule has 1 rings (SSSR count). The van der Waals surface area contributed by atoms with Crippen LogP contribution in [0.2, 0.25) is 0 Å². The molecule has 0 spiro atoms. The number of rotatable bonds is 4. The van der Waals surface area contributed by atoms with Crippen LogP contribution in [0.1, 0.15) is 12.5 Å². The molecule has 0 aromatic heterocycles. The zero-order valence-corrected chi connectivity index (χ0v) is 10.3. The smallest absolute Gasteiger partial charge is 0.308 e. The molecular formula is C11H14BrNO2. The zero-order chi connectivity index (χ0) is 11.4. The van der Waals surface area contributed by atoms with Gasteiger partial charge < -0.3 is 10.4 Å². The monoisotopic (exact) mass is 271 g/mol. The topological polar surface area (TPSA) is 49.3 Å². The van der Waals surface area contributed by atoms with Crippen molar-refractivity contribution in [3.05, 3.63) is 28.2 Å². The van der Waals surface area contributed by atoms with Crippen molar-refractivity contribution in [2.75, 3.05) is 11.9 Å². The lowest BCUT2D eigenvalue weighted by Crippen LogP contribution is -2.19. The molecule has 0 aliphatic carbocycles. The standard InChI is InChI=1S/C11H14BrNO2/c1-7-5-9(3-4-10(7)12)13-6-8(2)11(14)15/h3-5,8,13H,6H2,1-2H3,(H,14,15). The number of aryl methyl sites for hydroxylation is 1. The molecule has 0 fully saturated rings. The maximum absolute atomic E-state index is 10.6. The Kier molecular flexibility index (Phi) is 4.15. The van der Waals surface area contributed by atoms with Gasteiger partial charge in [0, 0.05) is 16.7 Å². The normalized spacial score (nSPS) is 12.2. The first-order chi connectivity index (χ1) is 7.00. The Hall–Kier alpha value is -1.03. The molecule has 82 valence electrons. The predicted molar refractivity (Wildman–Crippen MR) is 64.2 cm³/mol. The Morgan fingerprint density at radius 3 is 2.80 bits per heavy atom. The average Bonchev–Trinajstić information content (AvgIpc) is 2.19. The van der Waals surface area contributed by atoms with Gasteiger partial charge >= 0.3 is 5.97 Å². The molecule has 0 bridgehead atoms. The molecule has 2 N–H and O–H groups in total. The van der Waals surface area contributed by atoms with Gasteiger partial charge in [0.1, 0.15) is 0 Å². The highest BCUT2D eigenvalue weighted by molar-refractivity contribution is 9.10. The van der Waals surface area contributed by atoms with E-state index >= 15 is 0 Å². The Labute approximate surface area is 97.6 Å². The fraction of sp³-hybridized carbons (Fsp3) is 0.364. The van der Waals surface area contributed by atoms with E-state index in [9.17, 15) is 4.79 Å². The number of carbonyl (C=O) groups is 1. The van der Waals surface area contributed by atoms with Gasteiger partial charge in [-0.2, -0.15) is 0 Å². The summed E-state index contributed by atoms with van der Waals surface area (Å²) in [5.74, 6) is -1.16. The number of carboxylic acids is 1. The second-order valence-corrected chi connectivity index (χ2v) is 4.44. The van der Waals surface area contributed by atoms with Gasteiger partial charge in [0.2, 0.25) is 0 Å². The number of hydrogen-bond donors (Lipinski definition) is 2. The minimum absolute atomic E-state index is 0.381. The van der Waals surface area contributed by atoms with Crippen molar-refractivity contribution in [3.63, 3.8) is 0 Å². The summed E-state index contributed by atoms with van der Waals surface area (Å²) in [6, 6.07) is 5.85. The Morgan fingerprint density at radius 1 is 1.60 bits per heavy atom. The highest BCUT2D eigenvalue weighted by Crippen LogP contribution is 2.20. The van der Waals surface area contributed by atoms with Gasteiger partial charge in [0.05, 0.1) is 5.92 Å². The number of carboxylic acid groups (broad SMARTS) is 1. The number of nitrogens with one attached hydrogen (secondary N) is 1. The van der Waals surface area contributed by atoms with Gasteiger partial charge in [-0.1, -0.05) is 22.9 Å². The highest BCUT2D eigenvalue weighted by atomic mass is 79.9. The van der Waals surface area contributed by atoms with Crippen molar-refractivity contribution in [2.24, 2.45) is 5.92 Å². The maximum Gasteiger partial charge on any atom is 0.308 e. The van der Waals surface area contributed by atoms with Gasteiger partial charge in [-0.3, -0.25) is 4.79 Å². The summed E-state index contributed by atoms with van der Waals surface area (Å²) in [6.07, 6.45) is 0. The number of benzene rings is 1. The van der Waals surface area contributed by atoms with Crippen LogP contribution in [0, 0.1) is 12.8 Å². The third-order valence-corrected chi connectivity index (χ3v) is 3.08. The van der Waals surface area contributed by atoms with Crippen LogP contribution in [0.5, 0.6) is 0 Å². The molecule has 0 radical (unpaired) electrons. The molecule has 0 saturated heterocycles. The Balaban J connectivity index is 2.58. The summed E-state index contributed by atoms with van der Waals surface area (Å²) >= 11 is 3.41. The molecule has 3 nitrogen and oxygen atoms in total. The van der Waals surface area contributed by atoms with Gasteiger partial charge in [-0.05, 0) is 30.7 Å². The van der Waals surface area contributed by atoms with E-state index in [1.807, 2.05) is 25.1 Å². The lowest BCUT2D eigenvalue weighted by molar-refractivity contribution is -0.140. The molecular weight excluding hydrogens is 258 g/mol. The van der Waals surface area contributed by atoms with Crippen LogP contribution < -0.4 is 5.32 Å². The quantitative estimate of drug-likeness (QED) is 0.886. The van der Waals surface area contributed by atoms with Gasteiger partial charge in [0.25, 0.3) is 0 Å². The van der Waals surface area contributed by atoms with E-state index in [-0.39, 0.29) is 5.92 Å². The fourth-order valence-corrected chi connectivity index (χ4v) is 1.36. The number of halogens is 1. The zero-order valence-electron chi connectivity index (χ0n) is 8.75. The molecule has 1 aromatic carbocycles. The Bertz CT molecular complexity index is 366. The summed E-state index contributed by atoms with van der Waals surface area (Å²) in [5.41, 5.74) is 2.08. The molecule has 1 atom stereocenters. The van der Waals surface area contributed by atoms with E-state index < -0.39 is 5.97 Å². The molecule has 4 heteroatoms. The number of anilines is 1. The Morgan fingerprint density at radius 2 is 2.27 bits per heavy atom. The highest BCUT2D eigenvalue weighted by Gasteiger charge is 2.09. The van der Waals surface area contributed by atoms with Crippen molar-refractivity contribution in [1.29, 1.82) is 0 Å². The predicted octanol–water partition coefficient (Wildman–Crippen LogP) is 2.89. The van der Waals surface area contributed by atoms with Gasteiger partial charge in [-0.25, -0.2) is 0 Å². The first kappa shape index (κ1) is 12.0. The summed E-state index contributed by atoms with van der Waals surface area (Å²) < 4.78 is 1.05. The van der Waals surface area contributed by atoms with Crippen LogP contribution in [0.3, 0.4) is 0 Å². The van der Waals surface area contributed by atoms with E-state index in [2.05, 4.69) is 21.2 Å². The molecule has 1 unspecified atom stereocenters. The summed E-state index contributed by atoms with van der Waals surface area (Å²) in [6.45, 7) is 4.12. The summed E-state index contributed by atoms with van der Waals surface area (Å²) in [4.78, 5) is 10.6. The van der Waals surface area contributed by atoms with Crippen LogP contribution >= 0.6 is 15.9 Å². The van der Waals surface area contributed by atoms with Crippen LogP contribution in [0.15, 0.2) is 22.7 Å². The lowest BCUT2D eigenvalue weighted by Gasteiger charge is -2.10. The molecule has 0 amide bonds. The van der Waals surface area contributed by atoms with Crippen molar-refractivity contribution in [1.82, 2.24) is 0 Å². The van der Waals surface area contributed by atoms with Crippen molar-refractivity contribution < 1.29 is 9.90 Å².